The Morgan fingerprint density at radius 2 is 1.93 bits per heavy atom. The number of rotatable bonds is 4. The number of likely N-dealkylation sites (tertiary alicyclic amines) is 1. The summed E-state index contributed by atoms with van der Waals surface area (Å²) in [6.45, 7) is 9.27. The van der Waals surface area contributed by atoms with Crippen LogP contribution in [0.1, 0.15) is 64.1 Å². The Balaban J connectivity index is 0.00000225. The van der Waals surface area contributed by atoms with Gasteiger partial charge in [-0.2, -0.15) is 0 Å². The van der Waals surface area contributed by atoms with Crippen LogP contribution in [0.4, 0.5) is 0 Å². The smallest absolute Gasteiger partial charge is 0.329 e. The molecule has 8 heteroatoms. The first-order chi connectivity index (χ1) is 13.0. The van der Waals surface area contributed by atoms with E-state index in [1.165, 1.54) is 12.8 Å². The maximum atomic E-state index is 12.5. The maximum Gasteiger partial charge on any atom is 0.329 e. The van der Waals surface area contributed by atoms with Gasteiger partial charge in [-0.1, -0.05) is 0 Å². The van der Waals surface area contributed by atoms with Gasteiger partial charge in [0.2, 0.25) is 0 Å². The molecule has 1 saturated heterocycles. The molecule has 0 unspecified atom stereocenters. The number of fused-ring (bicyclic) bond motifs is 1. The van der Waals surface area contributed by atoms with Crippen molar-refractivity contribution in [2.75, 3.05) is 19.7 Å². The Hall–Kier alpha value is -1.44. The van der Waals surface area contributed by atoms with Gasteiger partial charge < -0.3 is 4.74 Å². The molecule has 2 aliphatic rings. The van der Waals surface area contributed by atoms with Crippen molar-refractivity contribution in [3.8, 4) is 0 Å². The second kappa shape index (κ2) is 8.51. The summed E-state index contributed by atoms with van der Waals surface area (Å²) in [5.74, 6) is 0. The Labute approximate surface area is 172 Å². The van der Waals surface area contributed by atoms with Crippen LogP contribution in [0.2, 0.25) is 0 Å². The number of H-pyrrole nitrogens is 1. The number of halogens is 1. The molecule has 7 nitrogen and oxygen atoms in total. The van der Waals surface area contributed by atoms with Gasteiger partial charge in [-0.3, -0.25) is 14.5 Å². The fraction of sp³-hybridized carbons (Fsp3) is 0.750. The van der Waals surface area contributed by atoms with Gasteiger partial charge in [-0.05, 0) is 59.3 Å². The summed E-state index contributed by atoms with van der Waals surface area (Å²) in [5, 5.41) is 0. The van der Waals surface area contributed by atoms with Gasteiger partial charge in [0, 0.05) is 31.3 Å². The zero-order valence-corrected chi connectivity index (χ0v) is 17.9. The molecule has 0 bridgehead atoms. The number of aromatic amines is 1. The number of hydrogen-bond donors (Lipinski definition) is 1. The predicted octanol–water partition coefficient (Wildman–Crippen LogP) is 3.22. The van der Waals surface area contributed by atoms with Gasteiger partial charge >= 0.3 is 5.69 Å². The third-order valence-corrected chi connectivity index (χ3v) is 6.55. The van der Waals surface area contributed by atoms with Crippen LogP contribution in [0.3, 0.4) is 0 Å². The molecule has 2 fully saturated rings. The second-order valence-electron chi connectivity index (χ2n) is 8.35. The van der Waals surface area contributed by atoms with Crippen molar-refractivity contribution in [2.24, 2.45) is 0 Å². The largest absolute Gasteiger partial charge is 0.379 e. The van der Waals surface area contributed by atoms with Crippen molar-refractivity contribution in [1.82, 2.24) is 24.4 Å². The van der Waals surface area contributed by atoms with E-state index in [4.69, 9.17) is 4.74 Å². The van der Waals surface area contributed by atoms with Gasteiger partial charge in [-0.15, -0.1) is 12.4 Å². The van der Waals surface area contributed by atoms with Gasteiger partial charge in [-0.25, -0.2) is 14.8 Å². The highest BCUT2D eigenvalue weighted by molar-refractivity contribution is 5.85. The summed E-state index contributed by atoms with van der Waals surface area (Å²) in [7, 11) is 0. The summed E-state index contributed by atoms with van der Waals surface area (Å²) in [4.78, 5) is 26.9. The van der Waals surface area contributed by atoms with Crippen molar-refractivity contribution in [3.05, 3.63) is 22.4 Å². The van der Waals surface area contributed by atoms with E-state index in [1.807, 2.05) is 11.5 Å². The molecule has 0 aromatic carbocycles. The molecule has 28 heavy (non-hydrogen) atoms. The van der Waals surface area contributed by atoms with E-state index in [0.29, 0.717) is 17.4 Å². The van der Waals surface area contributed by atoms with E-state index in [-0.39, 0.29) is 29.7 Å². The molecule has 0 spiro atoms. The van der Waals surface area contributed by atoms with Crippen LogP contribution >= 0.6 is 12.4 Å². The molecule has 1 aliphatic heterocycles. The minimum Gasteiger partial charge on any atom is -0.379 e. The van der Waals surface area contributed by atoms with Crippen LogP contribution in [-0.2, 0) is 4.74 Å². The molecule has 2 aromatic rings. The van der Waals surface area contributed by atoms with Crippen molar-refractivity contribution in [3.63, 3.8) is 0 Å². The number of nitrogens with zero attached hydrogens (tertiary/aromatic N) is 4. The summed E-state index contributed by atoms with van der Waals surface area (Å²) in [5.41, 5.74) is 2.31. The van der Waals surface area contributed by atoms with Crippen LogP contribution in [0.15, 0.2) is 11.0 Å². The fourth-order valence-electron chi connectivity index (χ4n) is 4.91. The summed E-state index contributed by atoms with van der Waals surface area (Å²) in [6, 6.07) is 0.196. The Bertz CT molecular complexity index is 848. The molecular formula is C20H32ClN5O2. The molecule has 1 N–H and O–H groups in total. The SMILES string of the molecule is CCO[C@H]1CC[C@](C)(N2CCC(n3c(=O)[nH]c4ncc(C)nc43)CC2)CC1.Cl. The van der Waals surface area contributed by atoms with Gasteiger partial charge in [0.25, 0.3) is 0 Å². The third kappa shape index (κ3) is 3.98. The Morgan fingerprint density at radius 3 is 2.57 bits per heavy atom. The van der Waals surface area contributed by atoms with E-state index in [9.17, 15) is 4.79 Å². The zero-order chi connectivity index (χ0) is 19.0. The highest BCUT2D eigenvalue weighted by Crippen LogP contribution is 2.37. The van der Waals surface area contributed by atoms with Gasteiger partial charge in [0.1, 0.15) is 0 Å². The highest BCUT2D eigenvalue weighted by Gasteiger charge is 2.38. The van der Waals surface area contributed by atoms with Crippen molar-refractivity contribution >= 4 is 23.7 Å². The zero-order valence-electron chi connectivity index (χ0n) is 17.1. The molecule has 2 aromatic heterocycles. The van der Waals surface area contributed by atoms with Crippen molar-refractivity contribution < 1.29 is 4.74 Å². The highest BCUT2D eigenvalue weighted by atomic mass is 35.5. The first kappa shape index (κ1) is 21.3. The second-order valence-corrected chi connectivity index (χ2v) is 8.35. The Kier molecular flexibility index (Phi) is 6.47. The minimum atomic E-state index is -0.0857. The predicted molar refractivity (Wildman–Crippen MR) is 112 cm³/mol. The van der Waals surface area contributed by atoms with Gasteiger partial charge in [0.05, 0.1) is 18.0 Å². The number of nitrogens with one attached hydrogen (secondary N) is 1. The average Bonchev–Trinajstić information content (AvgIpc) is 2.99. The summed E-state index contributed by atoms with van der Waals surface area (Å²) in [6.07, 6.45) is 8.79. The number of aryl methyl sites for hydroxylation is 1. The lowest BCUT2D eigenvalue weighted by Crippen LogP contribution is -2.53. The van der Waals surface area contributed by atoms with Crippen molar-refractivity contribution in [2.45, 2.75) is 77.0 Å². The Morgan fingerprint density at radius 1 is 1.25 bits per heavy atom. The standard InChI is InChI=1S/C20H31N5O2.ClH/c1-4-27-16-5-9-20(3,10-6-16)24-11-7-15(8-12-24)25-18-17(23-19(25)26)21-13-14(2)22-18;/h13,15-16H,4-12H2,1-3H3,(H,21,23,26);1H/t16-,20-;. The van der Waals surface area contributed by atoms with E-state index >= 15 is 0 Å². The number of ether oxygens (including phenoxy) is 1. The van der Waals surface area contributed by atoms with Crippen LogP contribution in [0.5, 0.6) is 0 Å². The lowest BCUT2D eigenvalue weighted by Gasteiger charge is -2.48. The van der Waals surface area contributed by atoms with E-state index in [1.54, 1.807) is 6.20 Å². The molecule has 1 saturated carbocycles. The monoisotopic (exact) mass is 409 g/mol. The fourth-order valence-corrected chi connectivity index (χ4v) is 4.91. The molecule has 3 heterocycles. The molecular weight excluding hydrogens is 378 g/mol. The first-order valence-electron chi connectivity index (χ1n) is 10.3. The quantitative estimate of drug-likeness (QED) is 0.838. The molecule has 0 radical (unpaired) electrons. The lowest BCUT2D eigenvalue weighted by atomic mass is 9.79. The van der Waals surface area contributed by atoms with Crippen LogP contribution in [-0.4, -0.2) is 55.8 Å². The molecule has 156 valence electrons. The lowest BCUT2D eigenvalue weighted by molar-refractivity contribution is -0.0273. The number of imidazole rings is 1. The minimum absolute atomic E-state index is 0. The van der Waals surface area contributed by atoms with E-state index in [0.717, 1.165) is 51.1 Å². The van der Waals surface area contributed by atoms with Gasteiger partial charge in [0.15, 0.2) is 11.3 Å². The first-order valence-corrected chi connectivity index (χ1v) is 10.3. The summed E-state index contributed by atoms with van der Waals surface area (Å²) >= 11 is 0. The third-order valence-electron chi connectivity index (χ3n) is 6.55. The average molecular weight is 410 g/mol. The number of piperidine rings is 1. The van der Waals surface area contributed by atoms with E-state index in [2.05, 4.69) is 33.7 Å². The van der Waals surface area contributed by atoms with Crippen LogP contribution in [0, 0.1) is 6.92 Å². The number of aromatic nitrogens is 4. The molecule has 4 rings (SSSR count). The van der Waals surface area contributed by atoms with Crippen LogP contribution in [0.25, 0.3) is 11.3 Å². The van der Waals surface area contributed by atoms with Crippen molar-refractivity contribution in [1.29, 1.82) is 0 Å². The summed E-state index contributed by atoms with van der Waals surface area (Å²) < 4.78 is 7.65. The molecule has 0 atom stereocenters. The van der Waals surface area contributed by atoms with Crippen LogP contribution < -0.4 is 5.69 Å². The normalized spacial score (nSPS) is 27.0. The molecule has 0 amide bonds. The maximum absolute atomic E-state index is 12.5. The molecule has 1 aliphatic carbocycles. The topological polar surface area (TPSA) is 76.0 Å². The van der Waals surface area contributed by atoms with E-state index < -0.39 is 0 Å². The number of hydrogen-bond acceptors (Lipinski definition) is 5.